The lowest BCUT2D eigenvalue weighted by atomic mass is 10.2. The van der Waals surface area contributed by atoms with Crippen LogP contribution in [0.3, 0.4) is 0 Å². The van der Waals surface area contributed by atoms with E-state index >= 15 is 0 Å². The van der Waals surface area contributed by atoms with Crippen molar-refractivity contribution in [1.29, 1.82) is 0 Å². The summed E-state index contributed by atoms with van der Waals surface area (Å²) >= 11 is 6.09. The number of halogens is 5. The zero-order chi connectivity index (χ0) is 18.5. The number of alkyl halides is 3. The first-order valence-corrected chi connectivity index (χ1v) is 7.52. The SMILES string of the molecule is O=C(O)c1cn(-c2scnc2C(F)(F)F)c2nc(Cl)c(F)cc2c1=O. The molecule has 0 spiro atoms. The van der Waals surface area contributed by atoms with Gasteiger partial charge in [-0.3, -0.25) is 9.36 Å². The number of carboxylic acids is 1. The van der Waals surface area contributed by atoms with Crippen LogP contribution in [-0.2, 0) is 6.18 Å². The Morgan fingerprint density at radius 1 is 1.36 bits per heavy atom. The Morgan fingerprint density at radius 2 is 2.04 bits per heavy atom. The van der Waals surface area contributed by atoms with Crippen molar-refractivity contribution in [3.63, 3.8) is 0 Å². The first-order valence-electron chi connectivity index (χ1n) is 6.27. The highest BCUT2D eigenvalue weighted by Crippen LogP contribution is 2.36. The molecule has 0 atom stereocenters. The van der Waals surface area contributed by atoms with Crippen molar-refractivity contribution in [3.05, 3.63) is 50.2 Å². The van der Waals surface area contributed by atoms with Crippen LogP contribution in [-0.4, -0.2) is 25.6 Å². The van der Waals surface area contributed by atoms with Crippen LogP contribution in [0.5, 0.6) is 0 Å². The summed E-state index contributed by atoms with van der Waals surface area (Å²) in [4.78, 5) is 30.2. The van der Waals surface area contributed by atoms with E-state index in [1.54, 1.807) is 0 Å². The summed E-state index contributed by atoms with van der Waals surface area (Å²) in [5.41, 5.74) is -2.78. The lowest BCUT2D eigenvalue weighted by Gasteiger charge is -2.13. The summed E-state index contributed by atoms with van der Waals surface area (Å²) in [6.07, 6.45) is -4.16. The van der Waals surface area contributed by atoms with Crippen LogP contribution in [0.1, 0.15) is 16.1 Å². The molecule has 12 heteroatoms. The number of hydrogen-bond donors (Lipinski definition) is 1. The smallest absolute Gasteiger partial charge is 0.436 e. The van der Waals surface area contributed by atoms with Gasteiger partial charge in [0.25, 0.3) is 0 Å². The Morgan fingerprint density at radius 3 is 2.64 bits per heavy atom. The maximum atomic E-state index is 13.6. The van der Waals surface area contributed by atoms with E-state index in [-0.39, 0.29) is 0 Å². The zero-order valence-corrected chi connectivity index (χ0v) is 13.2. The predicted octanol–water partition coefficient (Wildman–Crippen LogP) is 3.35. The van der Waals surface area contributed by atoms with Crippen LogP contribution in [0.15, 0.2) is 22.6 Å². The molecule has 1 N–H and O–H groups in total. The molecule has 3 aromatic rings. The Bertz CT molecular complexity index is 1080. The largest absolute Gasteiger partial charge is 0.477 e. The number of carboxylic acid groups (broad SMARTS) is 1. The van der Waals surface area contributed by atoms with E-state index in [1.165, 1.54) is 0 Å². The van der Waals surface area contributed by atoms with Crippen LogP contribution in [0.4, 0.5) is 17.6 Å². The zero-order valence-electron chi connectivity index (χ0n) is 11.6. The van der Waals surface area contributed by atoms with E-state index in [0.717, 1.165) is 5.51 Å². The van der Waals surface area contributed by atoms with Gasteiger partial charge < -0.3 is 5.11 Å². The second-order valence-electron chi connectivity index (χ2n) is 4.68. The third-order valence-corrected chi connectivity index (χ3v) is 4.24. The minimum Gasteiger partial charge on any atom is -0.477 e. The molecule has 25 heavy (non-hydrogen) atoms. The summed E-state index contributed by atoms with van der Waals surface area (Å²) in [6.45, 7) is 0. The predicted molar refractivity (Wildman–Crippen MR) is 79.9 cm³/mol. The van der Waals surface area contributed by atoms with E-state index in [2.05, 4.69) is 9.97 Å². The van der Waals surface area contributed by atoms with Crippen molar-refractivity contribution in [2.75, 3.05) is 0 Å². The number of carbonyl (C=O) groups is 1. The van der Waals surface area contributed by atoms with Crippen LogP contribution < -0.4 is 5.43 Å². The average molecular weight is 394 g/mol. The lowest BCUT2D eigenvalue weighted by molar-refractivity contribution is -0.140. The lowest BCUT2D eigenvalue weighted by Crippen LogP contribution is -2.20. The van der Waals surface area contributed by atoms with Gasteiger partial charge in [-0.05, 0) is 6.07 Å². The monoisotopic (exact) mass is 393 g/mol. The Hall–Kier alpha value is -2.53. The van der Waals surface area contributed by atoms with Gasteiger partial charge >= 0.3 is 12.1 Å². The van der Waals surface area contributed by atoms with Crippen LogP contribution in [0, 0.1) is 5.82 Å². The summed E-state index contributed by atoms with van der Waals surface area (Å²) in [7, 11) is 0. The number of hydrogen-bond acceptors (Lipinski definition) is 5. The van der Waals surface area contributed by atoms with Crippen molar-refractivity contribution < 1.29 is 27.5 Å². The van der Waals surface area contributed by atoms with Gasteiger partial charge in [-0.25, -0.2) is 19.2 Å². The maximum Gasteiger partial charge on any atom is 0.436 e. The molecule has 0 saturated heterocycles. The fourth-order valence-corrected chi connectivity index (χ4v) is 3.04. The number of aromatic nitrogens is 3. The van der Waals surface area contributed by atoms with E-state index in [9.17, 15) is 27.2 Å². The van der Waals surface area contributed by atoms with Crippen molar-refractivity contribution in [1.82, 2.24) is 14.5 Å². The van der Waals surface area contributed by atoms with E-state index in [0.29, 0.717) is 28.2 Å². The highest BCUT2D eigenvalue weighted by atomic mass is 35.5. The molecule has 0 aromatic carbocycles. The fourth-order valence-electron chi connectivity index (χ4n) is 2.11. The van der Waals surface area contributed by atoms with Gasteiger partial charge in [0.1, 0.15) is 10.6 Å². The van der Waals surface area contributed by atoms with Gasteiger partial charge in [0.05, 0.1) is 10.9 Å². The molecule has 0 bridgehead atoms. The first-order chi connectivity index (χ1) is 11.6. The first kappa shape index (κ1) is 17.3. The molecule has 3 aromatic heterocycles. The molecule has 130 valence electrons. The van der Waals surface area contributed by atoms with Crippen molar-refractivity contribution in [2.45, 2.75) is 6.18 Å². The number of rotatable bonds is 2. The molecule has 0 aliphatic rings. The van der Waals surface area contributed by atoms with Gasteiger partial charge in [-0.15, -0.1) is 11.3 Å². The van der Waals surface area contributed by atoms with Crippen LogP contribution >= 0.6 is 22.9 Å². The fraction of sp³-hybridized carbons (Fsp3) is 0.0769. The molecule has 0 radical (unpaired) electrons. The number of pyridine rings is 2. The topological polar surface area (TPSA) is 85.1 Å². The Kier molecular flexibility index (Phi) is 4.00. The van der Waals surface area contributed by atoms with Crippen molar-refractivity contribution in [2.24, 2.45) is 0 Å². The van der Waals surface area contributed by atoms with Gasteiger partial charge in [-0.2, -0.15) is 13.2 Å². The Balaban J connectivity index is 2.49. The van der Waals surface area contributed by atoms with E-state index in [1.807, 2.05) is 0 Å². The molecular weight excluding hydrogens is 390 g/mol. The highest BCUT2D eigenvalue weighted by Gasteiger charge is 2.37. The molecule has 0 amide bonds. The highest BCUT2D eigenvalue weighted by molar-refractivity contribution is 7.12. The maximum absolute atomic E-state index is 13.6. The molecule has 3 heterocycles. The van der Waals surface area contributed by atoms with Crippen LogP contribution in [0.25, 0.3) is 16.0 Å². The van der Waals surface area contributed by atoms with Gasteiger partial charge in [0.15, 0.2) is 22.3 Å². The second-order valence-corrected chi connectivity index (χ2v) is 5.87. The van der Waals surface area contributed by atoms with E-state index in [4.69, 9.17) is 16.7 Å². The number of thiazole rings is 1. The summed E-state index contributed by atoms with van der Waals surface area (Å²) in [5.74, 6) is -2.80. The molecule has 0 aliphatic carbocycles. The van der Waals surface area contributed by atoms with Gasteiger partial charge in [0, 0.05) is 6.20 Å². The second kappa shape index (κ2) is 5.77. The molecule has 0 saturated carbocycles. The van der Waals surface area contributed by atoms with Crippen molar-refractivity contribution in [3.8, 4) is 5.00 Å². The molecule has 6 nitrogen and oxygen atoms in total. The molecule has 0 fully saturated rings. The number of aromatic carboxylic acids is 1. The van der Waals surface area contributed by atoms with E-state index < -0.39 is 55.8 Å². The minimum absolute atomic E-state index is 0.420. The normalized spacial score (nSPS) is 11.9. The number of fused-ring (bicyclic) bond motifs is 1. The Labute approximate surface area is 143 Å². The average Bonchev–Trinajstić information content (AvgIpc) is 2.99. The number of nitrogens with zero attached hydrogens (tertiary/aromatic N) is 3. The molecule has 3 rings (SSSR count). The minimum atomic E-state index is -4.84. The molecular formula is C13H4ClF4N3O3S. The molecule has 0 aliphatic heterocycles. The third kappa shape index (κ3) is 2.85. The van der Waals surface area contributed by atoms with Gasteiger partial charge in [-0.1, -0.05) is 11.6 Å². The van der Waals surface area contributed by atoms with Crippen LogP contribution in [0.2, 0.25) is 5.15 Å². The molecule has 0 unspecified atom stereocenters. The van der Waals surface area contributed by atoms with Crippen molar-refractivity contribution >= 4 is 39.9 Å². The third-order valence-electron chi connectivity index (χ3n) is 3.16. The summed E-state index contributed by atoms with van der Waals surface area (Å²) in [6, 6.07) is 0.629. The summed E-state index contributed by atoms with van der Waals surface area (Å²) in [5, 5.41) is 7.38. The standard InChI is InChI=1S/C13H4ClF4N3O3S/c14-9-6(15)1-4-7(22)5(12(23)24)2-21(10(4)20-9)11-8(13(16,17)18)19-3-25-11/h1-3H,(H,23,24). The van der Waals surface area contributed by atoms with Gasteiger partial charge in [0.2, 0.25) is 5.43 Å². The quantitative estimate of drug-likeness (QED) is 0.533. The summed E-state index contributed by atoms with van der Waals surface area (Å²) < 4.78 is 53.6.